The van der Waals surface area contributed by atoms with E-state index in [2.05, 4.69) is 34.2 Å². The van der Waals surface area contributed by atoms with Crippen LogP contribution in [0.5, 0.6) is 11.5 Å². The number of methoxy groups -OCH3 is 1. The lowest BCUT2D eigenvalue weighted by Gasteiger charge is -2.12. The first kappa shape index (κ1) is 15.6. The quantitative estimate of drug-likeness (QED) is 0.408. The molecule has 0 aliphatic heterocycles. The van der Waals surface area contributed by atoms with Crippen LogP contribution in [0.25, 0.3) is 0 Å². The van der Waals surface area contributed by atoms with Crippen LogP contribution in [0.3, 0.4) is 0 Å². The lowest BCUT2D eigenvalue weighted by atomic mass is 10.2. The van der Waals surface area contributed by atoms with Crippen LogP contribution in [-0.2, 0) is 0 Å². The van der Waals surface area contributed by atoms with Crippen molar-refractivity contribution in [3.8, 4) is 11.5 Å². The number of rotatable bonds is 6. The van der Waals surface area contributed by atoms with Gasteiger partial charge in [-0.1, -0.05) is 30.9 Å². The number of ether oxygens (including phenoxy) is 2. The SMILES string of the molecule is C=CCOc1c(I)cc(C=Nc2ccccc2)cc1OC. The van der Waals surface area contributed by atoms with E-state index in [0.29, 0.717) is 12.4 Å². The fourth-order valence-electron chi connectivity index (χ4n) is 1.76. The minimum absolute atomic E-state index is 0.448. The van der Waals surface area contributed by atoms with E-state index in [1.54, 1.807) is 13.2 Å². The van der Waals surface area contributed by atoms with E-state index in [-0.39, 0.29) is 0 Å². The Labute approximate surface area is 138 Å². The summed E-state index contributed by atoms with van der Waals surface area (Å²) in [5.74, 6) is 1.42. The number of para-hydroxylation sites is 1. The van der Waals surface area contributed by atoms with Gasteiger partial charge < -0.3 is 9.47 Å². The predicted octanol–water partition coefficient (Wildman–Crippen LogP) is 4.62. The normalized spacial score (nSPS) is 10.6. The molecular formula is C17H16INO2. The standard InChI is InChI=1S/C17H16INO2/c1-3-9-21-17-15(18)10-13(11-16(17)20-2)12-19-14-7-5-4-6-8-14/h3-8,10-12H,1,9H2,2H3. The molecule has 0 fully saturated rings. The van der Waals surface area contributed by atoms with Gasteiger partial charge in [-0.05, 0) is 52.4 Å². The maximum Gasteiger partial charge on any atom is 0.174 e. The Balaban J connectivity index is 2.27. The number of benzene rings is 2. The number of aliphatic imine (C=N–C) groups is 1. The van der Waals surface area contributed by atoms with Crippen molar-refractivity contribution >= 4 is 34.5 Å². The summed E-state index contributed by atoms with van der Waals surface area (Å²) in [4.78, 5) is 4.44. The van der Waals surface area contributed by atoms with Gasteiger partial charge in [-0.25, -0.2) is 0 Å². The molecule has 0 bridgehead atoms. The molecule has 0 heterocycles. The van der Waals surface area contributed by atoms with E-state index in [1.807, 2.05) is 48.7 Å². The number of halogens is 1. The highest BCUT2D eigenvalue weighted by Crippen LogP contribution is 2.33. The molecule has 0 aliphatic rings. The van der Waals surface area contributed by atoms with Gasteiger partial charge in [-0.3, -0.25) is 4.99 Å². The van der Waals surface area contributed by atoms with Crippen molar-refractivity contribution in [2.45, 2.75) is 0 Å². The lowest BCUT2D eigenvalue weighted by Crippen LogP contribution is -1.99. The number of hydrogen-bond donors (Lipinski definition) is 0. The Hall–Kier alpha value is -1.82. The highest BCUT2D eigenvalue weighted by molar-refractivity contribution is 14.1. The van der Waals surface area contributed by atoms with Crippen LogP contribution in [0.15, 0.2) is 60.1 Å². The van der Waals surface area contributed by atoms with Crippen molar-refractivity contribution in [2.24, 2.45) is 4.99 Å². The van der Waals surface area contributed by atoms with Crippen LogP contribution in [0, 0.1) is 3.57 Å². The molecular weight excluding hydrogens is 377 g/mol. The molecule has 0 spiro atoms. The molecule has 0 saturated carbocycles. The van der Waals surface area contributed by atoms with E-state index in [9.17, 15) is 0 Å². The second-order valence-corrected chi connectivity index (χ2v) is 5.39. The first-order valence-electron chi connectivity index (χ1n) is 6.45. The van der Waals surface area contributed by atoms with Crippen molar-refractivity contribution in [3.05, 3.63) is 64.3 Å². The molecule has 0 atom stereocenters. The fraction of sp³-hybridized carbons (Fsp3) is 0.118. The summed E-state index contributed by atoms with van der Waals surface area (Å²) in [6.45, 7) is 4.10. The second-order valence-electron chi connectivity index (χ2n) is 4.23. The highest BCUT2D eigenvalue weighted by Gasteiger charge is 2.10. The molecule has 3 nitrogen and oxygen atoms in total. The van der Waals surface area contributed by atoms with Crippen molar-refractivity contribution in [2.75, 3.05) is 13.7 Å². The molecule has 0 unspecified atom stereocenters. The zero-order chi connectivity index (χ0) is 15.1. The molecule has 0 radical (unpaired) electrons. The summed E-state index contributed by atoms with van der Waals surface area (Å²) in [5.41, 5.74) is 1.88. The first-order chi connectivity index (χ1) is 10.2. The van der Waals surface area contributed by atoms with Crippen molar-refractivity contribution in [1.82, 2.24) is 0 Å². The summed E-state index contributed by atoms with van der Waals surface area (Å²) in [7, 11) is 1.63. The molecule has 2 rings (SSSR count). The molecule has 108 valence electrons. The van der Waals surface area contributed by atoms with E-state index in [0.717, 1.165) is 20.6 Å². The maximum absolute atomic E-state index is 5.63. The average Bonchev–Trinajstić information content (AvgIpc) is 2.52. The summed E-state index contributed by atoms with van der Waals surface area (Å²) in [6, 6.07) is 13.7. The molecule has 4 heteroatoms. The molecule has 2 aromatic rings. The number of hydrogen-bond acceptors (Lipinski definition) is 3. The fourth-order valence-corrected chi connectivity index (χ4v) is 2.54. The van der Waals surface area contributed by atoms with Gasteiger partial charge in [0, 0.05) is 6.21 Å². The summed E-state index contributed by atoms with van der Waals surface area (Å²) < 4.78 is 12.0. The maximum atomic E-state index is 5.63. The van der Waals surface area contributed by atoms with Crippen LogP contribution in [0.2, 0.25) is 0 Å². The first-order valence-corrected chi connectivity index (χ1v) is 7.53. The lowest BCUT2D eigenvalue weighted by molar-refractivity contribution is 0.324. The predicted molar refractivity (Wildman–Crippen MR) is 95.1 cm³/mol. The van der Waals surface area contributed by atoms with Gasteiger partial charge in [0.15, 0.2) is 11.5 Å². The van der Waals surface area contributed by atoms with E-state index < -0.39 is 0 Å². The molecule has 0 aromatic heterocycles. The molecule has 0 saturated heterocycles. The van der Waals surface area contributed by atoms with E-state index in [4.69, 9.17) is 9.47 Å². The zero-order valence-electron chi connectivity index (χ0n) is 11.8. The van der Waals surface area contributed by atoms with Gasteiger partial charge in [0.1, 0.15) is 6.61 Å². The average molecular weight is 393 g/mol. The molecule has 0 N–H and O–H groups in total. The van der Waals surface area contributed by atoms with Gasteiger partial charge in [-0.2, -0.15) is 0 Å². The zero-order valence-corrected chi connectivity index (χ0v) is 13.9. The largest absolute Gasteiger partial charge is 0.493 e. The molecule has 21 heavy (non-hydrogen) atoms. The topological polar surface area (TPSA) is 30.8 Å². The smallest absolute Gasteiger partial charge is 0.174 e. The van der Waals surface area contributed by atoms with Crippen LogP contribution in [0.1, 0.15) is 5.56 Å². The van der Waals surface area contributed by atoms with Crippen LogP contribution in [-0.4, -0.2) is 19.9 Å². The van der Waals surface area contributed by atoms with E-state index >= 15 is 0 Å². The van der Waals surface area contributed by atoms with Gasteiger partial charge in [-0.15, -0.1) is 0 Å². The third-order valence-electron chi connectivity index (χ3n) is 2.72. The minimum Gasteiger partial charge on any atom is -0.493 e. The van der Waals surface area contributed by atoms with Gasteiger partial charge >= 0.3 is 0 Å². The van der Waals surface area contributed by atoms with Crippen LogP contribution in [0.4, 0.5) is 5.69 Å². The molecule has 0 aliphatic carbocycles. The summed E-state index contributed by atoms with van der Waals surface area (Å²) >= 11 is 2.23. The summed E-state index contributed by atoms with van der Waals surface area (Å²) in [6.07, 6.45) is 3.53. The molecule has 0 amide bonds. The Morgan fingerprint density at radius 2 is 2.00 bits per heavy atom. The number of nitrogens with zero attached hydrogens (tertiary/aromatic N) is 1. The Morgan fingerprint density at radius 3 is 2.67 bits per heavy atom. The van der Waals surface area contributed by atoms with Crippen molar-refractivity contribution in [3.63, 3.8) is 0 Å². The second kappa shape index (κ2) is 7.83. The Morgan fingerprint density at radius 1 is 1.24 bits per heavy atom. The Bertz CT molecular complexity index is 639. The summed E-state index contributed by atoms with van der Waals surface area (Å²) in [5, 5.41) is 0. The minimum atomic E-state index is 0.448. The third-order valence-corrected chi connectivity index (χ3v) is 3.52. The van der Waals surface area contributed by atoms with Gasteiger partial charge in [0.2, 0.25) is 0 Å². The highest BCUT2D eigenvalue weighted by atomic mass is 127. The van der Waals surface area contributed by atoms with Gasteiger partial charge in [0.05, 0.1) is 16.4 Å². The van der Waals surface area contributed by atoms with E-state index in [1.165, 1.54) is 0 Å². The third kappa shape index (κ3) is 4.32. The van der Waals surface area contributed by atoms with Crippen LogP contribution < -0.4 is 9.47 Å². The molecule has 2 aromatic carbocycles. The monoisotopic (exact) mass is 393 g/mol. The van der Waals surface area contributed by atoms with Gasteiger partial charge in [0.25, 0.3) is 0 Å². The Kier molecular flexibility index (Phi) is 5.80. The van der Waals surface area contributed by atoms with Crippen molar-refractivity contribution < 1.29 is 9.47 Å². The van der Waals surface area contributed by atoms with Crippen molar-refractivity contribution in [1.29, 1.82) is 0 Å². The van der Waals surface area contributed by atoms with Crippen LogP contribution >= 0.6 is 22.6 Å².